The first-order valence-electron chi connectivity index (χ1n) is 23.8. The largest absolute Gasteiger partial charge is 0.0839 e. The van der Waals surface area contributed by atoms with E-state index in [1.165, 1.54) is 53.5 Å². The first-order chi connectivity index (χ1) is 29.8. The topological polar surface area (TPSA) is 0 Å². The van der Waals surface area contributed by atoms with Crippen molar-refractivity contribution < 1.29 is 0 Å². The lowest BCUT2D eigenvalue weighted by Crippen LogP contribution is -2.43. The van der Waals surface area contributed by atoms with Crippen molar-refractivity contribution in [1.29, 1.82) is 0 Å². The predicted molar refractivity (Wildman–Crippen MR) is 251 cm³/mol. The van der Waals surface area contributed by atoms with Gasteiger partial charge < -0.3 is 0 Å². The molecule has 61 heavy (non-hydrogen) atoms. The summed E-state index contributed by atoms with van der Waals surface area (Å²) in [4.78, 5) is 0. The minimum atomic E-state index is 0.0782. The molecule has 1 spiro atoms. The summed E-state index contributed by atoms with van der Waals surface area (Å²) in [5.74, 6) is 3.90. The Bertz CT molecular complexity index is 2850. The van der Waals surface area contributed by atoms with Crippen molar-refractivity contribution >= 4 is 5.57 Å². The quantitative estimate of drug-likeness (QED) is 0.284. The van der Waals surface area contributed by atoms with Gasteiger partial charge in [-0.05, 0) is 163 Å². The molecule has 300 valence electrons. The lowest BCUT2D eigenvalue weighted by molar-refractivity contribution is 0.0521. The Balaban J connectivity index is 0.934. The van der Waals surface area contributed by atoms with E-state index in [4.69, 9.17) is 0 Å². The average molecular weight is 789 g/mol. The van der Waals surface area contributed by atoms with Gasteiger partial charge in [-0.25, -0.2) is 0 Å². The second kappa shape index (κ2) is 12.0. The van der Waals surface area contributed by atoms with Crippen LogP contribution in [-0.4, -0.2) is 0 Å². The molecule has 0 heteroatoms. The third-order valence-electron chi connectivity index (χ3n) is 18.8. The summed E-state index contributed by atoms with van der Waals surface area (Å²) in [5, 5.41) is 0. The van der Waals surface area contributed by atoms with Gasteiger partial charge in [0.2, 0.25) is 0 Å². The van der Waals surface area contributed by atoms with Crippen LogP contribution in [0.3, 0.4) is 0 Å². The van der Waals surface area contributed by atoms with E-state index in [9.17, 15) is 0 Å². The van der Waals surface area contributed by atoms with E-state index in [-0.39, 0.29) is 16.2 Å². The third kappa shape index (κ3) is 4.33. The van der Waals surface area contributed by atoms with Gasteiger partial charge in [0.1, 0.15) is 0 Å². The van der Waals surface area contributed by atoms with E-state index in [0.717, 1.165) is 12.8 Å². The first kappa shape index (κ1) is 35.4. The maximum atomic E-state index is 2.77. The monoisotopic (exact) mass is 788 g/mol. The summed E-state index contributed by atoms with van der Waals surface area (Å²) in [5.41, 5.74) is 25.9. The van der Waals surface area contributed by atoms with E-state index >= 15 is 0 Å². The van der Waals surface area contributed by atoms with Crippen LogP contribution in [0.15, 0.2) is 207 Å². The molecule has 2 aromatic carbocycles. The molecule has 0 aliphatic heterocycles. The SMILES string of the molecule is CC1(C)C2=CC=C(C3=CC4=C5C6=C(C=CCC6C6(C7CC=CC=C7C7=CC=CCC76)C5C3)C3C=C(C5=CCC6C(=C5)c5ccccc5C6(C)C)C=CC43)CC2c2ccccc21. The molecule has 0 bridgehead atoms. The molecular weight excluding hydrogens is 733 g/mol. The van der Waals surface area contributed by atoms with Gasteiger partial charge in [-0.2, -0.15) is 0 Å². The second-order valence-electron chi connectivity index (χ2n) is 21.7. The summed E-state index contributed by atoms with van der Waals surface area (Å²) >= 11 is 0. The maximum absolute atomic E-state index is 2.77. The zero-order valence-electron chi connectivity index (χ0n) is 36.2. The smallest absolute Gasteiger partial charge is 0.0134 e. The van der Waals surface area contributed by atoms with Crippen molar-refractivity contribution in [2.75, 3.05) is 0 Å². The Morgan fingerprint density at radius 1 is 0.557 bits per heavy atom. The molecule has 0 heterocycles. The molecule has 12 aliphatic rings. The van der Waals surface area contributed by atoms with Gasteiger partial charge in [0, 0.05) is 23.2 Å². The molecule has 0 saturated heterocycles. The molecule has 12 aliphatic carbocycles. The Morgan fingerprint density at radius 3 is 2.11 bits per heavy atom. The molecule has 2 fully saturated rings. The Morgan fingerprint density at radius 2 is 1.30 bits per heavy atom. The van der Waals surface area contributed by atoms with Gasteiger partial charge in [-0.1, -0.05) is 179 Å². The van der Waals surface area contributed by atoms with Crippen LogP contribution in [0.4, 0.5) is 0 Å². The highest BCUT2D eigenvalue weighted by Crippen LogP contribution is 2.77. The second-order valence-corrected chi connectivity index (χ2v) is 21.7. The van der Waals surface area contributed by atoms with Crippen LogP contribution in [-0.2, 0) is 10.8 Å². The Kier molecular flexibility index (Phi) is 6.98. The van der Waals surface area contributed by atoms with Crippen LogP contribution < -0.4 is 0 Å². The summed E-state index contributed by atoms with van der Waals surface area (Å²) in [7, 11) is 0. The van der Waals surface area contributed by atoms with Crippen LogP contribution >= 0.6 is 0 Å². The van der Waals surface area contributed by atoms with Gasteiger partial charge in [-0.15, -0.1) is 0 Å². The Labute approximate surface area is 363 Å². The number of benzene rings is 2. The maximum Gasteiger partial charge on any atom is 0.0134 e. The van der Waals surface area contributed by atoms with Crippen LogP contribution in [0.25, 0.3) is 5.57 Å². The van der Waals surface area contributed by atoms with E-state index < -0.39 is 0 Å². The predicted octanol–water partition coefficient (Wildman–Crippen LogP) is 14.5. The number of rotatable bonds is 2. The molecule has 0 nitrogen and oxygen atoms in total. The summed E-state index contributed by atoms with van der Waals surface area (Å²) in [6.45, 7) is 9.83. The van der Waals surface area contributed by atoms with Crippen molar-refractivity contribution in [2.24, 2.45) is 46.8 Å². The first-order valence-corrected chi connectivity index (χ1v) is 23.8. The lowest BCUT2D eigenvalue weighted by atomic mass is 9.55. The fourth-order valence-electron chi connectivity index (χ4n) is 16.4. The van der Waals surface area contributed by atoms with Crippen LogP contribution in [0, 0.1) is 46.8 Å². The molecule has 0 aromatic heterocycles. The zero-order valence-corrected chi connectivity index (χ0v) is 36.2. The molecular formula is C61H56. The minimum Gasteiger partial charge on any atom is -0.0839 e. The highest BCUT2D eigenvalue weighted by Gasteiger charge is 2.69. The number of hydrogen-bond acceptors (Lipinski definition) is 0. The normalized spacial score (nSPS) is 36.5. The van der Waals surface area contributed by atoms with Gasteiger partial charge in [0.25, 0.3) is 0 Å². The zero-order chi connectivity index (χ0) is 40.6. The molecule has 0 radical (unpaired) electrons. The molecule has 2 aromatic rings. The summed E-state index contributed by atoms with van der Waals surface area (Å²) < 4.78 is 0. The van der Waals surface area contributed by atoms with Gasteiger partial charge in [0.15, 0.2) is 0 Å². The van der Waals surface area contributed by atoms with Crippen molar-refractivity contribution in [3.05, 3.63) is 229 Å². The van der Waals surface area contributed by atoms with Crippen molar-refractivity contribution in [3.63, 3.8) is 0 Å². The third-order valence-corrected chi connectivity index (χ3v) is 18.8. The molecule has 2 saturated carbocycles. The minimum absolute atomic E-state index is 0.0782. The van der Waals surface area contributed by atoms with E-state index in [0.29, 0.717) is 47.3 Å². The van der Waals surface area contributed by atoms with Crippen LogP contribution in [0.5, 0.6) is 0 Å². The van der Waals surface area contributed by atoms with Crippen molar-refractivity contribution in [2.45, 2.75) is 83.0 Å². The molecule has 0 amide bonds. The Hall–Kier alpha value is -5.20. The fourth-order valence-corrected chi connectivity index (χ4v) is 16.4. The molecule has 8 unspecified atom stereocenters. The average Bonchev–Trinajstić information content (AvgIpc) is 3.93. The fraction of sp³-hybridized carbons (Fsp3) is 0.344. The standard InChI is InChI=1S/C61H56/c1-59(2)49-19-9-5-16-42(49)46-31-36(25-28-51(46)59)35-24-27-39-45(30-35)44-18-13-23-55-57(44)58-48(39)33-38(37-26-29-52-47(32-37)43-17-6-10-20-50(43)60(52,3)4)34-56(58)61(55)53-21-11-7-14-40(53)41-15-8-12-22-54(41)61/h5-20,24-27,29-31,33,39,45,47,51,53-56H,21-23,28,32,34H2,1-4H3. The van der Waals surface area contributed by atoms with E-state index in [2.05, 4.69) is 173 Å². The number of allylic oxidation sites excluding steroid dienone is 28. The van der Waals surface area contributed by atoms with Crippen molar-refractivity contribution in [1.82, 2.24) is 0 Å². The van der Waals surface area contributed by atoms with Crippen LogP contribution in [0.1, 0.15) is 94.4 Å². The highest BCUT2D eigenvalue weighted by molar-refractivity contribution is 5.82. The van der Waals surface area contributed by atoms with Gasteiger partial charge in [-0.3, -0.25) is 0 Å². The number of fused-ring (bicyclic) bond motifs is 16. The molecule has 0 N–H and O–H groups in total. The molecule has 8 atom stereocenters. The summed E-state index contributed by atoms with van der Waals surface area (Å²) in [6.07, 6.45) is 47.9. The highest BCUT2D eigenvalue weighted by atomic mass is 14.7. The van der Waals surface area contributed by atoms with E-state index in [1.54, 1.807) is 61.3 Å². The summed E-state index contributed by atoms with van der Waals surface area (Å²) in [6, 6.07) is 18.6. The van der Waals surface area contributed by atoms with Gasteiger partial charge >= 0.3 is 0 Å². The number of hydrogen-bond donors (Lipinski definition) is 0. The van der Waals surface area contributed by atoms with E-state index in [1.807, 2.05) is 0 Å². The van der Waals surface area contributed by atoms with Crippen molar-refractivity contribution in [3.8, 4) is 0 Å². The van der Waals surface area contributed by atoms with Gasteiger partial charge in [0.05, 0.1) is 0 Å². The van der Waals surface area contributed by atoms with Crippen LogP contribution in [0.2, 0.25) is 0 Å². The lowest BCUT2D eigenvalue weighted by Gasteiger charge is -2.47. The molecule has 14 rings (SSSR count).